The minimum absolute atomic E-state index is 0. The number of alkyl halides is 3. The lowest BCUT2D eigenvalue weighted by atomic mass is 9.94. The zero-order valence-electron chi connectivity index (χ0n) is 15.8. The van der Waals surface area contributed by atoms with Crippen molar-refractivity contribution < 1.29 is 13.2 Å². The van der Waals surface area contributed by atoms with Crippen LogP contribution < -0.4 is 10.6 Å². The summed E-state index contributed by atoms with van der Waals surface area (Å²) < 4.78 is 37.8. The molecular weight excluding hydrogens is 490 g/mol. The summed E-state index contributed by atoms with van der Waals surface area (Å²) in [5.41, 5.74) is -0.847. The van der Waals surface area contributed by atoms with Crippen molar-refractivity contribution in [1.29, 1.82) is 0 Å². The average molecular weight is 519 g/mol. The minimum atomic E-state index is -4.40. The molecule has 0 aromatic carbocycles. The molecule has 0 unspecified atom stereocenters. The SMILES string of the molecule is CCNC(=NCc1nc(C(F)(F)F)cs1)NCCN(C)C1CCCCC1.I. The number of aliphatic imine (C=N–C) groups is 1. The van der Waals surface area contributed by atoms with Gasteiger partial charge in [0, 0.05) is 31.1 Å². The molecule has 1 aromatic rings. The van der Waals surface area contributed by atoms with Crippen LogP contribution in [-0.4, -0.2) is 48.6 Å². The Hall–Kier alpha value is -0.620. The molecule has 0 radical (unpaired) electrons. The first-order valence-corrected chi connectivity index (χ1v) is 10.0. The quantitative estimate of drug-likeness (QED) is 0.324. The number of hydrogen-bond acceptors (Lipinski definition) is 4. The summed E-state index contributed by atoms with van der Waals surface area (Å²) in [6.07, 6.45) is 2.07. The Morgan fingerprint density at radius 1 is 1.30 bits per heavy atom. The molecule has 2 rings (SSSR count). The highest BCUT2D eigenvalue weighted by Crippen LogP contribution is 2.30. The molecule has 1 heterocycles. The number of halogens is 4. The van der Waals surface area contributed by atoms with Crippen molar-refractivity contribution in [2.75, 3.05) is 26.7 Å². The normalized spacial score (nSPS) is 16.3. The van der Waals surface area contributed by atoms with Crippen LogP contribution in [0.2, 0.25) is 0 Å². The van der Waals surface area contributed by atoms with Crippen molar-refractivity contribution in [2.45, 2.75) is 57.8 Å². The van der Waals surface area contributed by atoms with Gasteiger partial charge in [0.2, 0.25) is 0 Å². The zero-order chi connectivity index (χ0) is 19.0. The summed E-state index contributed by atoms with van der Waals surface area (Å²) >= 11 is 0.982. The lowest BCUT2D eigenvalue weighted by molar-refractivity contribution is -0.140. The zero-order valence-corrected chi connectivity index (χ0v) is 19.0. The maximum absolute atomic E-state index is 12.6. The molecule has 1 aliphatic carbocycles. The van der Waals surface area contributed by atoms with Gasteiger partial charge in [-0.05, 0) is 26.8 Å². The second kappa shape index (κ2) is 12.1. The summed E-state index contributed by atoms with van der Waals surface area (Å²) in [5.74, 6) is 0.605. The van der Waals surface area contributed by atoms with Gasteiger partial charge in [0.25, 0.3) is 0 Å². The van der Waals surface area contributed by atoms with Crippen LogP contribution in [0, 0.1) is 0 Å². The Morgan fingerprint density at radius 2 is 2.00 bits per heavy atom. The summed E-state index contributed by atoms with van der Waals surface area (Å²) in [6.45, 7) is 4.43. The van der Waals surface area contributed by atoms with Gasteiger partial charge in [-0.2, -0.15) is 13.2 Å². The molecule has 27 heavy (non-hydrogen) atoms. The number of aromatic nitrogens is 1. The Bertz CT molecular complexity index is 573. The van der Waals surface area contributed by atoms with Crippen molar-refractivity contribution >= 4 is 41.3 Å². The fourth-order valence-electron chi connectivity index (χ4n) is 3.06. The number of rotatable bonds is 7. The molecule has 0 saturated heterocycles. The smallest absolute Gasteiger partial charge is 0.357 e. The van der Waals surface area contributed by atoms with Gasteiger partial charge in [0.05, 0.1) is 6.54 Å². The third-order valence-corrected chi connectivity index (χ3v) is 5.35. The average Bonchev–Trinajstić information content (AvgIpc) is 3.10. The van der Waals surface area contributed by atoms with Gasteiger partial charge < -0.3 is 15.5 Å². The van der Waals surface area contributed by atoms with Crippen LogP contribution in [0.25, 0.3) is 0 Å². The summed E-state index contributed by atoms with van der Waals surface area (Å²) in [6, 6.07) is 0.654. The van der Waals surface area contributed by atoms with Gasteiger partial charge in [-0.3, -0.25) is 0 Å². The number of thiazole rings is 1. The Morgan fingerprint density at radius 3 is 2.59 bits per heavy atom. The highest BCUT2D eigenvalue weighted by molar-refractivity contribution is 14.0. The molecule has 5 nitrogen and oxygen atoms in total. The number of nitrogens with one attached hydrogen (secondary N) is 2. The summed E-state index contributed by atoms with van der Waals surface area (Å²) in [7, 11) is 2.15. The van der Waals surface area contributed by atoms with Crippen molar-refractivity contribution in [3.05, 3.63) is 16.1 Å². The van der Waals surface area contributed by atoms with Crippen LogP contribution in [0.5, 0.6) is 0 Å². The fraction of sp³-hybridized carbons (Fsp3) is 0.765. The van der Waals surface area contributed by atoms with Crippen LogP contribution >= 0.6 is 35.3 Å². The van der Waals surface area contributed by atoms with Gasteiger partial charge in [0.1, 0.15) is 5.01 Å². The second-order valence-electron chi connectivity index (χ2n) is 6.52. The predicted molar refractivity (Wildman–Crippen MR) is 115 cm³/mol. The van der Waals surface area contributed by atoms with Crippen molar-refractivity contribution in [2.24, 2.45) is 4.99 Å². The highest BCUT2D eigenvalue weighted by atomic mass is 127. The van der Waals surface area contributed by atoms with E-state index in [-0.39, 0.29) is 30.5 Å². The van der Waals surface area contributed by atoms with Crippen molar-refractivity contribution in [3.8, 4) is 0 Å². The molecule has 2 N–H and O–H groups in total. The maximum atomic E-state index is 12.6. The third-order valence-electron chi connectivity index (χ3n) is 4.51. The molecule has 10 heteroatoms. The van der Waals surface area contributed by atoms with Crippen LogP contribution in [0.1, 0.15) is 49.7 Å². The number of likely N-dealkylation sites (N-methyl/N-ethyl adjacent to an activating group) is 1. The summed E-state index contributed by atoms with van der Waals surface area (Å²) in [4.78, 5) is 10.3. The fourth-order valence-corrected chi connectivity index (χ4v) is 3.78. The molecule has 0 atom stereocenters. The van der Waals surface area contributed by atoms with Crippen LogP contribution in [0.15, 0.2) is 10.4 Å². The van der Waals surface area contributed by atoms with E-state index in [0.717, 1.165) is 29.8 Å². The Balaban J connectivity index is 0.00000364. The van der Waals surface area contributed by atoms with Crippen LogP contribution in [0.3, 0.4) is 0 Å². The molecule has 1 aromatic heterocycles. The highest BCUT2D eigenvalue weighted by Gasteiger charge is 2.33. The van der Waals surface area contributed by atoms with Crippen LogP contribution in [0.4, 0.5) is 13.2 Å². The monoisotopic (exact) mass is 519 g/mol. The van der Waals surface area contributed by atoms with E-state index in [1.54, 1.807) is 0 Å². The van der Waals surface area contributed by atoms with Gasteiger partial charge >= 0.3 is 6.18 Å². The molecule has 0 bridgehead atoms. The van der Waals surface area contributed by atoms with E-state index in [4.69, 9.17) is 0 Å². The molecule has 1 fully saturated rings. The molecule has 0 aliphatic heterocycles. The van der Waals surface area contributed by atoms with E-state index < -0.39 is 11.9 Å². The van der Waals surface area contributed by atoms with E-state index in [1.165, 1.54) is 32.1 Å². The van der Waals surface area contributed by atoms with Gasteiger partial charge in [-0.1, -0.05) is 19.3 Å². The number of nitrogens with zero attached hydrogens (tertiary/aromatic N) is 3. The predicted octanol–water partition coefficient (Wildman–Crippen LogP) is 4.10. The van der Waals surface area contributed by atoms with E-state index in [0.29, 0.717) is 23.6 Å². The first-order chi connectivity index (χ1) is 12.4. The van der Waals surface area contributed by atoms with E-state index in [9.17, 15) is 13.2 Å². The molecule has 1 saturated carbocycles. The van der Waals surface area contributed by atoms with E-state index >= 15 is 0 Å². The number of hydrogen-bond donors (Lipinski definition) is 2. The topological polar surface area (TPSA) is 52.6 Å². The molecule has 1 aliphatic rings. The molecule has 0 spiro atoms. The lowest BCUT2D eigenvalue weighted by Gasteiger charge is -2.31. The standard InChI is InChI=1S/C17H28F3N5S.HI/c1-3-21-16(22-9-10-25(2)13-7-5-4-6-8-13)23-11-15-24-14(12-26-15)17(18,19)20;/h12-13H,3-11H2,1-2H3,(H2,21,22,23);1H. The van der Waals surface area contributed by atoms with Gasteiger partial charge in [0.15, 0.2) is 11.7 Å². The Labute approximate surface area is 180 Å². The first kappa shape index (κ1) is 24.4. The van der Waals surface area contributed by atoms with Gasteiger partial charge in [-0.25, -0.2) is 9.98 Å². The maximum Gasteiger partial charge on any atom is 0.434 e. The van der Waals surface area contributed by atoms with E-state index in [2.05, 4.69) is 32.6 Å². The van der Waals surface area contributed by atoms with Crippen molar-refractivity contribution in [1.82, 2.24) is 20.5 Å². The molecule has 0 amide bonds. The van der Waals surface area contributed by atoms with Gasteiger partial charge in [-0.15, -0.1) is 35.3 Å². The summed E-state index contributed by atoms with van der Waals surface area (Å²) in [5, 5.41) is 7.76. The second-order valence-corrected chi connectivity index (χ2v) is 7.46. The first-order valence-electron chi connectivity index (χ1n) is 9.14. The molecule has 156 valence electrons. The van der Waals surface area contributed by atoms with Crippen LogP contribution in [-0.2, 0) is 12.7 Å². The lowest BCUT2D eigenvalue weighted by Crippen LogP contribution is -2.43. The minimum Gasteiger partial charge on any atom is -0.357 e. The Kier molecular flexibility index (Phi) is 10.9. The van der Waals surface area contributed by atoms with Crippen molar-refractivity contribution in [3.63, 3.8) is 0 Å². The largest absolute Gasteiger partial charge is 0.434 e. The number of guanidine groups is 1. The van der Waals surface area contributed by atoms with E-state index in [1.807, 2.05) is 6.92 Å². The molecular formula is C17H29F3IN5S. The third kappa shape index (κ3) is 8.51.